The minimum absolute atomic E-state index is 0.282. The van der Waals surface area contributed by atoms with Crippen molar-refractivity contribution in [3.63, 3.8) is 0 Å². The van der Waals surface area contributed by atoms with E-state index in [0.717, 1.165) is 45.3 Å². The third-order valence-electron chi connectivity index (χ3n) is 4.08. The van der Waals surface area contributed by atoms with Crippen LogP contribution in [-0.4, -0.2) is 74.1 Å². The zero-order valence-electron chi connectivity index (χ0n) is 21.0. The molecule has 186 valence electrons. The maximum atomic E-state index is 12.5. The molecule has 3 N–H and O–H groups in total. The summed E-state index contributed by atoms with van der Waals surface area (Å²) < 4.78 is 10.7. The van der Waals surface area contributed by atoms with E-state index in [1.165, 1.54) is 0 Å². The van der Waals surface area contributed by atoms with Crippen LogP contribution < -0.4 is 16.0 Å². The van der Waals surface area contributed by atoms with Crippen LogP contribution in [0.2, 0.25) is 0 Å². The summed E-state index contributed by atoms with van der Waals surface area (Å²) in [4.78, 5) is 25.8. The summed E-state index contributed by atoms with van der Waals surface area (Å²) in [7, 11) is 0. The molecule has 0 saturated heterocycles. The standard InChI is InChI=1S/C23H45N5O4/c1-22(2,3)31-20(29)27-17-10-15-25-13-7-8-18-28(21(30)32-23(4,5)6)19-11-16-26-14-9-12-24/h25-26H,7-11,13-19H2,1-6H3,(H,27,29). The van der Waals surface area contributed by atoms with Crippen molar-refractivity contribution in [1.82, 2.24) is 20.9 Å². The zero-order valence-corrected chi connectivity index (χ0v) is 21.0. The van der Waals surface area contributed by atoms with Gasteiger partial charge in [-0.3, -0.25) is 0 Å². The number of ether oxygens (including phenoxy) is 2. The lowest BCUT2D eigenvalue weighted by Gasteiger charge is -2.27. The van der Waals surface area contributed by atoms with Crippen LogP contribution in [-0.2, 0) is 9.47 Å². The molecule has 0 fully saturated rings. The fourth-order valence-electron chi connectivity index (χ4n) is 2.68. The molecule has 0 atom stereocenters. The lowest BCUT2D eigenvalue weighted by Crippen LogP contribution is -2.39. The molecule has 0 saturated carbocycles. The first-order valence-electron chi connectivity index (χ1n) is 11.7. The minimum Gasteiger partial charge on any atom is -0.444 e. The molecule has 0 spiro atoms. The molecule has 0 aliphatic heterocycles. The maximum Gasteiger partial charge on any atom is 0.410 e. The van der Waals surface area contributed by atoms with Crippen LogP contribution in [0.3, 0.4) is 0 Å². The van der Waals surface area contributed by atoms with Crippen LogP contribution in [0.4, 0.5) is 9.59 Å². The van der Waals surface area contributed by atoms with Crippen LogP contribution in [0.15, 0.2) is 0 Å². The van der Waals surface area contributed by atoms with Gasteiger partial charge in [-0.2, -0.15) is 5.26 Å². The molecule has 0 aromatic carbocycles. The average Bonchev–Trinajstić information content (AvgIpc) is 2.64. The van der Waals surface area contributed by atoms with E-state index in [2.05, 4.69) is 22.0 Å². The molecule has 0 rings (SSSR count). The Balaban J connectivity index is 4.02. The number of nitrogens with zero attached hydrogens (tertiary/aromatic N) is 2. The first-order chi connectivity index (χ1) is 14.9. The molecule has 0 unspecified atom stereocenters. The molecule has 0 bridgehead atoms. The number of alkyl carbamates (subject to hydrolysis) is 1. The molecule has 0 aliphatic carbocycles. The highest BCUT2D eigenvalue weighted by Gasteiger charge is 2.21. The minimum atomic E-state index is -0.519. The van der Waals surface area contributed by atoms with Crippen LogP contribution in [0.5, 0.6) is 0 Å². The monoisotopic (exact) mass is 455 g/mol. The Labute approximate surface area is 194 Å². The number of amides is 2. The predicted molar refractivity (Wildman–Crippen MR) is 126 cm³/mol. The Bertz CT molecular complexity index is 564. The summed E-state index contributed by atoms with van der Waals surface area (Å²) in [6.07, 6.45) is 3.27. The number of carbonyl (C=O) groups excluding carboxylic acids is 2. The van der Waals surface area contributed by atoms with E-state index < -0.39 is 11.2 Å². The van der Waals surface area contributed by atoms with Crippen LogP contribution in [0.1, 0.15) is 73.6 Å². The quantitative estimate of drug-likeness (QED) is 0.324. The fraction of sp³-hybridized carbons (Fsp3) is 0.870. The fourth-order valence-corrected chi connectivity index (χ4v) is 2.68. The van der Waals surface area contributed by atoms with Gasteiger partial charge < -0.3 is 30.3 Å². The van der Waals surface area contributed by atoms with Crippen molar-refractivity contribution < 1.29 is 19.1 Å². The number of carbonyl (C=O) groups is 2. The first-order valence-corrected chi connectivity index (χ1v) is 11.7. The molecule has 9 nitrogen and oxygen atoms in total. The SMILES string of the molecule is CC(C)(C)OC(=O)NCCCNCCCCN(CCCNCCC#N)C(=O)OC(C)(C)C. The van der Waals surface area contributed by atoms with Crippen molar-refractivity contribution in [2.24, 2.45) is 0 Å². The van der Waals surface area contributed by atoms with E-state index in [1.54, 1.807) is 4.90 Å². The third-order valence-corrected chi connectivity index (χ3v) is 4.08. The Hall–Kier alpha value is -2.05. The lowest BCUT2D eigenvalue weighted by molar-refractivity contribution is 0.0244. The lowest BCUT2D eigenvalue weighted by atomic mass is 10.2. The van der Waals surface area contributed by atoms with Gasteiger partial charge in [0.15, 0.2) is 0 Å². The molecular formula is C23H45N5O4. The molecule has 0 aromatic rings. The van der Waals surface area contributed by atoms with E-state index in [1.807, 2.05) is 41.5 Å². The summed E-state index contributed by atoms with van der Waals surface area (Å²) in [5.74, 6) is 0. The topological polar surface area (TPSA) is 116 Å². The number of hydrogen-bond donors (Lipinski definition) is 3. The molecule has 2 amide bonds. The second kappa shape index (κ2) is 16.6. The highest BCUT2D eigenvalue weighted by atomic mass is 16.6. The normalized spacial score (nSPS) is 11.5. The zero-order chi connectivity index (χ0) is 24.5. The van der Waals surface area contributed by atoms with Crippen LogP contribution in [0.25, 0.3) is 0 Å². The Morgan fingerprint density at radius 2 is 1.34 bits per heavy atom. The van der Waals surface area contributed by atoms with E-state index in [-0.39, 0.29) is 12.2 Å². The molecule has 32 heavy (non-hydrogen) atoms. The van der Waals surface area contributed by atoms with Gasteiger partial charge in [0.05, 0.1) is 6.07 Å². The molecule has 0 aliphatic rings. The van der Waals surface area contributed by atoms with E-state index in [9.17, 15) is 9.59 Å². The van der Waals surface area contributed by atoms with Gasteiger partial charge in [0.25, 0.3) is 0 Å². The Kier molecular flexibility index (Phi) is 15.5. The number of unbranched alkanes of at least 4 members (excludes halogenated alkanes) is 1. The molecule has 9 heteroatoms. The summed E-state index contributed by atoms with van der Waals surface area (Å²) in [5.41, 5.74) is -1.00. The van der Waals surface area contributed by atoms with Gasteiger partial charge in [0.1, 0.15) is 11.2 Å². The second-order valence-electron chi connectivity index (χ2n) is 9.72. The molecule has 0 heterocycles. The predicted octanol–water partition coefficient (Wildman–Crippen LogP) is 3.40. The summed E-state index contributed by atoms with van der Waals surface area (Å²) in [6.45, 7) is 16.1. The number of nitrogens with one attached hydrogen (secondary N) is 3. The van der Waals surface area contributed by atoms with Crippen molar-refractivity contribution in [2.75, 3.05) is 45.8 Å². The van der Waals surface area contributed by atoms with Gasteiger partial charge in [0.2, 0.25) is 0 Å². The van der Waals surface area contributed by atoms with Crippen molar-refractivity contribution in [2.45, 2.75) is 84.8 Å². The summed E-state index contributed by atoms with van der Waals surface area (Å²) in [5, 5.41) is 17.9. The third kappa shape index (κ3) is 19.9. The number of hydrogen-bond acceptors (Lipinski definition) is 7. The van der Waals surface area contributed by atoms with Crippen LogP contribution in [0, 0.1) is 11.3 Å². The summed E-state index contributed by atoms with van der Waals surface area (Å²) in [6, 6.07) is 2.10. The average molecular weight is 456 g/mol. The smallest absolute Gasteiger partial charge is 0.410 e. The summed E-state index contributed by atoms with van der Waals surface area (Å²) >= 11 is 0. The van der Waals surface area contributed by atoms with Crippen molar-refractivity contribution in [3.8, 4) is 6.07 Å². The van der Waals surface area contributed by atoms with Crippen molar-refractivity contribution in [3.05, 3.63) is 0 Å². The maximum absolute atomic E-state index is 12.5. The van der Waals surface area contributed by atoms with Gasteiger partial charge in [-0.05, 0) is 86.9 Å². The number of rotatable bonds is 15. The van der Waals surface area contributed by atoms with Gasteiger partial charge in [0, 0.05) is 32.6 Å². The van der Waals surface area contributed by atoms with Gasteiger partial charge in [-0.1, -0.05) is 0 Å². The Morgan fingerprint density at radius 1 is 0.781 bits per heavy atom. The van der Waals surface area contributed by atoms with E-state index in [4.69, 9.17) is 14.7 Å². The molecular weight excluding hydrogens is 410 g/mol. The largest absolute Gasteiger partial charge is 0.444 e. The van der Waals surface area contributed by atoms with E-state index in [0.29, 0.717) is 32.6 Å². The highest BCUT2D eigenvalue weighted by Crippen LogP contribution is 2.11. The van der Waals surface area contributed by atoms with Gasteiger partial charge in [-0.15, -0.1) is 0 Å². The van der Waals surface area contributed by atoms with Gasteiger partial charge >= 0.3 is 12.2 Å². The number of nitriles is 1. The van der Waals surface area contributed by atoms with Crippen molar-refractivity contribution in [1.29, 1.82) is 5.26 Å². The molecule has 0 radical (unpaired) electrons. The highest BCUT2D eigenvalue weighted by molar-refractivity contribution is 5.68. The first kappa shape index (κ1) is 29.9. The molecule has 0 aromatic heterocycles. The second-order valence-corrected chi connectivity index (χ2v) is 9.72. The van der Waals surface area contributed by atoms with Gasteiger partial charge in [-0.25, -0.2) is 9.59 Å². The Morgan fingerprint density at radius 3 is 1.97 bits per heavy atom. The van der Waals surface area contributed by atoms with Crippen molar-refractivity contribution >= 4 is 12.2 Å². The van der Waals surface area contributed by atoms with E-state index >= 15 is 0 Å². The van der Waals surface area contributed by atoms with Crippen LogP contribution >= 0.6 is 0 Å².